The van der Waals surface area contributed by atoms with Crippen molar-refractivity contribution in [2.24, 2.45) is 10.2 Å². The molecule has 0 saturated carbocycles. The largest absolute Gasteiger partial charge is 0.545 e. The van der Waals surface area contributed by atoms with Gasteiger partial charge in [0.1, 0.15) is 24.8 Å². The Bertz CT molecular complexity index is 664. The van der Waals surface area contributed by atoms with Gasteiger partial charge in [0.25, 0.3) is 0 Å². The van der Waals surface area contributed by atoms with Crippen LogP contribution in [-0.4, -0.2) is 35.5 Å². The lowest BCUT2D eigenvalue weighted by molar-refractivity contribution is -0.299. The highest BCUT2D eigenvalue weighted by Crippen LogP contribution is 2.16. The first-order chi connectivity index (χ1) is 11.3. The van der Waals surface area contributed by atoms with Gasteiger partial charge in [-0.2, -0.15) is 10.2 Å². The molecule has 24 heavy (non-hydrogen) atoms. The summed E-state index contributed by atoms with van der Waals surface area (Å²) in [5.41, 5.74) is 0.393. The van der Waals surface area contributed by atoms with E-state index in [1.165, 1.54) is 44.2 Å². The molecule has 128 valence electrons. The Labute approximate surface area is 138 Å². The van der Waals surface area contributed by atoms with Crippen molar-refractivity contribution in [3.05, 3.63) is 35.9 Å². The summed E-state index contributed by atoms with van der Waals surface area (Å²) in [5, 5.41) is 27.1. The highest BCUT2D eigenvalue weighted by molar-refractivity contribution is 5.96. The van der Waals surface area contributed by atoms with Crippen LogP contribution in [0.15, 0.2) is 46.1 Å². The minimum atomic E-state index is -1.36. The normalized spacial score (nSPS) is 12.8. The minimum Gasteiger partial charge on any atom is -0.545 e. The third kappa shape index (κ3) is 7.30. The van der Waals surface area contributed by atoms with E-state index >= 15 is 0 Å². The molecule has 0 bridgehead atoms. The molecule has 1 rings (SSSR count). The number of Topliss-reactive ketones (excluding diaryl/α,β-unsaturated/α-hetero) is 1. The fourth-order valence-electron chi connectivity index (χ4n) is 1.64. The average molecular weight is 333 g/mol. The van der Waals surface area contributed by atoms with E-state index in [1.807, 2.05) is 0 Å². The SMILES string of the molecule is C/C(=C\C(C)OC(=O)CC(=O)CN=Nc1ccc(O)cc1)C(=O)[O-]. The molecule has 0 heterocycles. The number of rotatable bonds is 8. The van der Waals surface area contributed by atoms with Gasteiger partial charge < -0.3 is 19.7 Å². The summed E-state index contributed by atoms with van der Waals surface area (Å²) in [5.74, 6) is -2.54. The number of carboxylic acid groups (broad SMARTS) is 1. The van der Waals surface area contributed by atoms with Crippen molar-refractivity contribution >= 4 is 23.4 Å². The van der Waals surface area contributed by atoms with E-state index in [9.17, 15) is 19.5 Å². The van der Waals surface area contributed by atoms with Crippen LogP contribution in [0, 0.1) is 0 Å². The van der Waals surface area contributed by atoms with Crippen molar-refractivity contribution in [1.29, 1.82) is 0 Å². The van der Waals surface area contributed by atoms with Crippen LogP contribution in [0.1, 0.15) is 20.3 Å². The highest BCUT2D eigenvalue weighted by atomic mass is 16.5. The van der Waals surface area contributed by atoms with Crippen molar-refractivity contribution in [2.75, 3.05) is 6.54 Å². The van der Waals surface area contributed by atoms with Gasteiger partial charge in [-0.05, 0) is 49.8 Å². The maximum atomic E-state index is 11.6. The number of nitrogens with zero attached hydrogens (tertiary/aromatic N) is 2. The van der Waals surface area contributed by atoms with E-state index in [2.05, 4.69) is 10.2 Å². The summed E-state index contributed by atoms with van der Waals surface area (Å²) in [6.45, 7) is 2.49. The lowest BCUT2D eigenvalue weighted by Crippen LogP contribution is -2.25. The summed E-state index contributed by atoms with van der Waals surface area (Å²) in [4.78, 5) is 33.7. The summed E-state index contributed by atoms with van der Waals surface area (Å²) in [6, 6.07) is 5.89. The van der Waals surface area contributed by atoms with Crippen LogP contribution in [0.3, 0.4) is 0 Å². The third-order valence-corrected chi connectivity index (χ3v) is 2.75. The molecule has 0 spiro atoms. The van der Waals surface area contributed by atoms with Crippen LogP contribution in [-0.2, 0) is 19.1 Å². The van der Waals surface area contributed by atoms with Crippen LogP contribution in [0.25, 0.3) is 0 Å². The first kappa shape index (κ1) is 19.0. The maximum absolute atomic E-state index is 11.6. The molecule has 1 aromatic rings. The Morgan fingerprint density at radius 3 is 2.50 bits per heavy atom. The molecular weight excluding hydrogens is 316 g/mol. The van der Waals surface area contributed by atoms with Crippen LogP contribution >= 0.6 is 0 Å². The molecule has 1 unspecified atom stereocenters. The zero-order chi connectivity index (χ0) is 18.1. The zero-order valence-electron chi connectivity index (χ0n) is 13.3. The second kappa shape index (κ2) is 9.19. The van der Waals surface area contributed by atoms with E-state index < -0.39 is 30.2 Å². The van der Waals surface area contributed by atoms with Crippen molar-refractivity contribution in [3.8, 4) is 5.75 Å². The van der Waals surface area contributed by atoms with Crippen molar-refractivity contribution in [1.82, 2.24) is 0 Å². The molecule has 0 aliphatic rings. The minimum absolute atomic E-state index is 0.0654. The first-order valence-electron chi connectivity index (χ1n) is 7.05. The van der Waals surface area contributed by atoms with Crippen LogP contribution in [0.5, 0.6) is 5.75 Å². The molecule has 0 fully saturated rings. The fraction of sp³-hybridized carbons (Fsp3) is 0.312. The van der Waals surface area contributed by atoms with Crippen LogP contribution < -0.4 is 5.11 Å². The number of phenols is 1. The number of carbonyl (C=O) groups is 3. The number of aliphatic carboxylic acids is 1. The number of hydrogen-bond donors (Lipinski definition) is 1. The van der Waals surface area contributed by atoms with Gasteiger partial charge >= 0.3 is 5.97 Å². The van der Waals surface area contributed by atoms with E-state index in [0.29, 0.717) is 5.69 Å². The van der Waals surface area contributed by atoms with E-state index in [0.717, 1.165) is 0 Å². The molecular formula is C16H17N2O6-. The molecule has 8 heteroatoms. The Hall–Kier alpha value is -3.03. The summed E-state index contributed by atoms with van der Waals surface area (Å²) in [7, 11) is 0. The summed E-state index contributed by atoms with van der Waals surface area (Å²) >= 11 is 0. The fourth-order valence-corrected chi connectivity index (χ4v) is 1.64. The number of azo groups is 1. The van der Waals surface area contributed by atoms with Crippen molar-refractivity contribution in [3.63, 3.8) is 0 Å². The Morgan fingerprint density at radius 1 is 1.29 bits per heavy atom. The van der Waals surface area contributed by atoms with E-state index in [1.54, 1.807) is 0 Å². The smallest absolute Gasteiger partial charge is 0.313 e. The second-order valence-electron chi connectivity index (χ2n) is 4.96. The zero-order valence-corrected chi connectivity index (χ0v) is 13.3. The van der Waals surface area contributed by atoms with E-state index in [-0.39, 0.29) is 17.9 Å². The number of ketones is 1. The number of phenolic OH excluding ortho intramolecular Hbond substituents is 1. The molecule has 1 aromatic carbocycles. The number of hydrogen-bond acceptors (Lipinski definition) is 8. The van der Waals surface area contributed by atoms with E-state index in [4.69, 9.17) is 9.84 Å². The molecule has 0 saturated heterocycles. The molecule has 1 N–H and O–H groups in total. The average Bonchev–Trinajstić information content (AvgIpc) is 2.48. The standard InChI is InChI=1S/C16H18N2O6/c1-10(16(22)23)7-11(2)24-15(21)8-14(20)9-17-18-12-3-5-13(19)6-4-12/h3-7,11,19H,8-9H2,1-2H3,(H,22,23)/p-1/b10-7+,18-17?. The Morgan fingerprint density at radius 2 is 1.92 bits per heavy atom. The monoisotopic (exact) mass is 333 g/mol. The lowest BCUT2D eigenvalue weighted by atomic mass is 10.2. The summed E-state index contributed by atoms with van der Waals surface area (Å²) < 4.78 is 4.89. The number of carboxylic acids is 1. The van der Waals surface area contributed by atoms with Gasteiger partial charge in [0, 0.05) is 0 Å². The molecule has 0 radical (unpaired) electrons. The van der Waals surface area contributed by atoms with Gasteiger partial charge in [0.2, 0.25) is 0 Å². The molecule has 0 amide bonds. The second-order valence-corrected chi connectivity index (χ2v) is 4.96. The van der Waals surface area contributed by atoms with Gasteiger partial charge in [0.15, 0.2) is 5.78 Å². The number of aromatic hydroxyl groups is 1. The number of benzene rings is 1. The third-order valence-electron chi connectivity index (χ3n) is 2.75. The van der Waals surface area contributed by atoms with Gasteiger partial charge in [-0.1, -0.05) is 0 Å². The highest BCUT2D eigenvalue weighted by Gasteiger charge is 2.13. The van der Waals surface area contributed by atoms with Crippen molar-refractivity contribution < 1.29 is 29.3 Å². The molecule has 8 nitrogen and oxygen atoms in total. The predicted octanol–water partition coefficient (Wildman–Crippen LogP) is 1.06. The Balaban J connectivity index is 2.41. The van der Waals surface area contributed by atoms with Gasteiger partial charge in [-0.25, -0.2) is 0 Å². The number of esters is 1. The lowest BCUT2D eigenvalue weighted by Gasteiger charge is -2.10. The predicted molar refractivity (Wildman–Crippen MR) is 81.4 cm³/mol. The summed E-state index contributed by atoms with van der Waals surface area (Å²) in [6.07, 6.45) is -0.0684. The van der Waals surface area contributed by atoms with Crippen LogP contribution in [0.4, 0.5) is 5.69 Å². The molecule has 0 aliphatic carbocycles. The first-order valence-corrected chi connectivity index (χ1v) is 7.05. The van der Waals surface area contributed by atoms with Crippen molar-refractivity contribution in [2.45, 2.75) is 26.4 Å². The Kier molecular flexibility index (Phi) is 7.28. The van der Waals surface area contributed by atoms with Gasteiger partial charge in [0.05, 0.1) is 11.7 Å². The maximum Gasteiger partial charge on any atom is 0.313 e. The number of carbonyl (C=O) groups excluding carboxylic acids is 3. The number of ether oxygens (including phenoxy) is 1. The van der Waals surface area contributed by atoms with Crippen LogP contribution in [0.2, 0.25) is 0 Å². The topological polar surface area (TPSA) is 128 Å². The van der Waals surface area contributed by atoms with Gasteiger partial charge in [-0.3, -0.25) is 9.59 Å². The molecule has 0 aliphatic heterocycles. The molecule has 1 atom stereocenters. The van der Waals surface area contributed by atoms with Gasteiger partial charge in [-0.15, -0.1) is 0 Å². The quantitative estimate of drug-likeness (QED) is 0.328. The molecule has 0 aromatic heterocycles.